The van der Waals surface area contributed by atoms with Gasteiger partial charge in [-0.3, -0.25) is 4.79 Å². The molecule has 0 spiro atoms. The maximum absolute atomic E-state index is 11.6. The lowest BCUT2D eigenvalue weighted by molar-refractivity contribution is -0.148. The standard InChI is InChI=1S/C15H18O7/c1-3-7-22-8-5-10-11(13(18)19)9(12(16)17)4-6-15(10,2)14(20)21/h3-4,6-7,10H,5,8H2,1-2H3,(H,16,17)(H,18,19)(H,20,21). The highest BCUT2D eigenvalue weighted by molar-refractivity contribution is 6.03. The van der Waals surface area contributed by atoms with Gasteiger partial charge in [-0.25, -0.2) is 9.59 Å². The van der Waals surface area contributed by atoms with Gasteiger partial charge in [-0.2, -0.15) is 0 Å². The summed E-state index contributed by atoms with van der Waals surface area (Å²) in [5.41, 5.74) is -2.32. The van der Waals surface area contributed by atoms with E-state index in [1.807, 2.05) is 0 Å². The third-order valence-corrected chi connectivity index (χ3v) is 3.64. The van der Waals surface area contributed by atoms with E-state index in [4.69, 9.17) is 9.84 Å². The fourth-order valence-corrected chi connectivity index (χ4v) is 2.42. The Morgan fingerprint density at radius 3 is 2.36 bits per heavy atom. The van der Waals surface area contributed by atoms with Crippen LogP contribution in [-0.4, -0.2) is 39.8 Å². The Morgan fingerprint density at radius 2 is 1.91 bits per heavy atom. The van der Waals surface area contributed by atoms with Crippen molar-refractivity contribution in [2.45, 2.75) is 20.3 Å². The molecule has 0 aliphatic heterocycles. The summed E-state index contributed by atoms with van der Waals surface area (Å²) in [7, 11) is 0. The average Bonchev–Trinajstić information content (AvgIpc) is 2.43. The second-order valence-electron chi connectivity index (χ2n) is 5.04. The number of allylic oxidation sites excluding steroid dienone is 1. The van der Waals surface area contributed by atoms with Gasteiger partial charge in [0.15, 0.2) is 0 Å². The molecule has 22 heavy (non-hydrogen) atoms. The zero-order chi connectivity index (χ0) is 16.9. The fraction of sp³-hybridized carbons (Fsp3) is 0.400. The van der Waals surface area contributed by atoms with Gasteiger partial charge < -0.3 is 20.1 Å². The number of rotatable bonds is 7. The molecule has 0 amide bonds. The highest BCUT2D eigenvalue weighted by Crippen LogP contribution is 2.42. The van der Waals surface area contributed by atoms with Crippen molar-refractivity contribution < 1.29 is 34.4 Å². The van der Waals surface area contributed by atoms with Crippen LogP contribution in [-0.2, 0) is 19.1 Å². The van der Waals surface area contributed by atoms with Crippen LogP contribution in [0, 0.1) is 11.3 Å². The zero-order valence-electron chi connectivity index (χ0n) is 12.3. The second-order valence-corrected chi connectivity index (χ2v) is 5.04. The molecule has 0 heterocycles. The maximum Gasteiger partial charge on any atom is 0.336 e. The lowest BCUT2D eigenvalue weighted by Gasteiger charge is -2.35. The van der Waals surface area contributed by atoms with Gasteiger partial charge in [-0.1, -0.05) is 12.2 Å². The van der Waals surface area contributed by atoms with E-state index in [-0.39, 0.29) is 13.0 Å². The SMILES string of the molecule is CC=COCCC1C(C(=O)O)=C(C(=O)O)C=CC1(C)C(=O)O. The van der Waals surface area contributed by atoms with Crippen LogP contribution in [0.1, 0.15) is 20.3 Å². The van der Waals surface area contributed by atoms with E-state index in [9.17, 15) is 24.6 Å². The molecule has 3 N–H and O–H groups in total. The minimum absolute atomic E-state index is 0.0654. The molecule has 0 bridgehead atoms. The lowest BCUT2D eigenvalue weighted by Crippen LogP contribution is -2.40. The monoisotopic (exact) mass is 310 g/mol. The Kier molecular flexibility index (Phi) is 5.50. The molecule has 2 unspecified atom stereocenters. The first kappa shape index (κ1) is 17.5. The van der Waals surface area contributed by atoms with E-state index in [2.05, 4.69) is 0 Å². The Bertz CT molecular complexity index is 570. The van der Waals surface area contributed by atoms with Crippen LogP contribution in [0.25, 0.3) is 0 Å². The summed E-state index contributed by atoms with van der Waals surface area (Å²) in [6.45, 7) is 3.18. The molecule has 120 valence electrons. The van der Waals surface area contributed by atoms with E-state index in [0.717, 1.165) is 6.08 Å². The molecule has 0 aromatic rings. The zero-order valence-corrected chi connectivity index (χ0v) is 12.3. The number of carboxylic acid groups (broad SMARTS) is 3. The predicted molar refractivity (Wildman–Crippen MR) is 76.1 cm³/mol. The molecular weight excluding hydrogens is 292 g/mol. The van der Waals surface area contributed by atoms with Gasteiger partial charge >= 0.3 is 17.9 Å². The van der Waals surface area contributed by atoms with Crippen LogP contribution in [0.2, 0.25) is 0 Å². The van der Waals surface area contributed by atoms with Crippen molar-refractivity contribution in [1.29, 1.82) is 0 Å². The Labute approximate surface area is 127 Å². The van der Waals surface area contributed by atoms with Crippen LogP contribution in [0.4, 0.5) is 0 Å². The molecule has 1 rings (SSSR count). The first-order chi connectivity index (χ1) is 10.3. The first-order valence-electron chi connectivity index (χ1n) is 6.61. The van der Waals surface area contributed by atoms with Gasteiger partial charge in [-0.15, -0.1) is 0 Å². The minimum Gasteiger partial charge on any atom is -0.502 e. The van der Waals surface area contributed by atoms with Gasteiger partial charge in [-0.05, 0) is 26.3 Å². The van der Waals surface area contributed by atoms with E-state index in [0.29, 0.717) is 0 Å². The van der Waals surface area contributed by atoms with Gasteiger partial charge in [0.1, 0.15) is 0 Å². The van der Waals surface area contributed by atoms with Crippen LogP contribution in [0.3, 0.4) is 0 Å². The highest BCUT2D eigenvalue weighted by Gasteiger charge is 2.47. The smallest absolute Gasteiger partial charge is 0.336 e. The van der Waals surface area contributed by atoms with Crippen molar-refractivity contribution in [1.82, 2.24) is 0 Å². The third-order valence-electron chi connectivity index (χ3n) is 3.64. The van der Waals surface area contributed by atoms with Crippen molar-refractivity contribution in [3.05, 3.63) is 35.6 Å². The Hall–Kier alpha value is -2.57. The predicted octanol–water partition coefficient (Wildman–Crippen LogP) is 1.67. The first-order valence-corrected chi connectivity index (χ1v) is 6.61. The summed E-state index contributed by atoms with van der Waals surface area (Å²) in [5, 5.41) is 27.9. The summed E-state index contributed by atoms with van der Waals surface area (Å²) in [6, 6.07) is 0. The molecule has 1 aliphatic carbocycles. The molecule has 0 aromatic carbocycles. The van der Waals surface area contributed by atoms with Crippen molar-refractivity contribution in [3.63, 3.8) is 0 Å². The molecule has 7 heteroatoms. The van der Waals surface area contributed by atoms with Crippen molar-refractivity contribution in [2.24, 2.45) is 11.3 Å². The molecular formula is C15H18O7. The summed E-state index contributed by atoms with van der Waals surface area (Å²) in [5.74, 6) is -5.07. The van der Waals surface area contributed by atoms with E-state index in [1.54, 1.807) is 13.0 Å². The number of hydrogen-bond acceptors (Lipinski definition) is 4. The number of ether oxygens (including phenoxy) is 1. The van der Waals surface area contributed by atoms with E-state index in [1.165, 1.54) is 19.3 Å². The maximum atomic E-state index is 11.6. The normalized spacial score (nSPS) is 24.5. The summed E-state index contributed by atoms with van der Waals surface area (Å²) < 4.78 is 5.12. The van der Waals surface area contributed by atoms with Gasteiger partial charge in [0.2, 0.25) is 0 Å². The summed E-state index contributed by atoms with van der Waals surface area (Å²) in [6.07, 6.45) is 5.37. The Morgan fingerprint density at radius 1 is 1.27 bits per heavy atom. The highest BCUT2D eigenvalue weighted by atomic mass is 16.5. The lowest BCUT2D eigenvalue weighted by atomic mass is 9.67. The van der Waals surface area contributed by atoms with Crippen molar-refractivity contribution >= 4 is 17.9 Å². The molecule has 1 aliphatic rings. The Balaban J connectivity index is 3.28. The van der Waals surface area contributed by atoms with E-state index < -0.39 is 40.4 Å². The minimum atomic E-state index is -1.51. The van der Waals surface area contributed by atoms with Crippen molar-refractivity contribution in [2.75, 3.05) is 6.61 Å². The van der Waals surface area contributed by atoms with Gasteiger partial charge in [0.25, 0.3) is 0 Å². The molecule has 0 saturated carbocycles. The quantitative estimate of drug-likeness (QED) is 0.483. The van der Waals surface area contributed by atoms with Crippen molar-refractivity contribution in [3.8, 4) is 0 Å². The number of carboxylic acids is 3. The van der Waals surface area contributed by atoms with Crippen LogP contribution in [0.15, 0.2) is 35.6 Å². The molecule has 0 fully saturated rings. The largest absolute Gasteiger partial charge is 0.502 e. The number of aliphatic carboxylic acids is 3. The molecule has 0 radical (unpaired) electrons. The van der Waals surface area contributed by atoms with Crippen LogP contribution in [0.5, 0.6) is 0 Å². The van der Waals surface area contributed by atoms with Gasteiger partial charge in [0, 0.05) is 5.92 Å². The van der Waals surface area contributed by atoms with Crippen LogP contribution >= 0.6 is 0 Å². The number of hydrogen-bond donors (Lipinski definition) is 3. The van der Waals surface area contributed by atoms with Crippen LogP contribution < -0.4 is 0 Å². The molecule has 0 saturated heterocycles. The fourth-order valence-electron chi connectivity index (χ4n) is 2.42. The summed E-state index contributed by atoms with van der Waals surface area (Å²) >= 11 is 0. The molecule has 2 atom stereocenters. The molecule has 7 nitrogen and oxygen atoms in total. The van der Waals surface area contributed by atoms with Gasteiger partial charge in [0.05, 0.1) is 29.4 Å². The second kappa shape index (κ2) is 6.93. The third kappa shape index (κ3) is 3.36. The topological polar surface area (TPSA) is 121 Å². The molecule has 0 aromatic heterocycles. The average molecular weight is 310 g/mol. The summed E-state index contributed by atoms with van der Waals surface area (Å²) in [4.78, 5) is 34.2. The number of carbonyl (C=O) groups is 3. The van der Waals surface area contributed by atoms with E-state index >= 15 is 0 Å².